The Morgan fingerprint density at radius 3 is 2.86 bits per heavy atom. The summed E-state index contributed by atoms with van der Waals surface area (Å²) < 4.78 is 18.2. The lowest BCUT2D eigenvalue weighted by Crippen LogP contribution is -2.06. The molecular formula is C15H8ClFN2O2. The third kappa shape index (κ3) is 2.98. The fourth-order valence-electron chi connectivity index (χ4n) is 1.79. The van der Waals surface area contributed by atoms with E-state index >= 15 is 0 Å². The lowest BCUT2D eigenvalue weighted by atomic mass is 10.2. The molecule has 0 saturated heterocycles. The molecule has 0 amide bonds. The number of cyclic esters (lactones) is 1. The van der Waals surface area contributed by atoms with Crippen molar-refractivity contribution in [2.24, 2.45) is 4.99 Å². The van der Waals surface area contributed by atoms with E-state index in [4.69, 9.17) is 16.3 Å². The molecule has 3 rings (SSSR count). The van der Waals surface area contributed by atoms with Crippen molar-refractivity contribution in [3.8, 4) is 0 Å². The van der Waals surface area contributed by atoms with Crippen LogP contribution in [0.3, 0.4) is 0 Å². The van der Waals surface area contributed by atoms with Gasteiger partial charge >= 0.3 is 5.97 Å². The second kappa shape index (κ2) is 5.46. The number of aliphatic imine (C=N–C) groups is 1. The maximum Gasteiger partial charge on any atom is 0.363 e. The predicted octanol–water partition coefficient (Wildman–Crippen LogP) is 3.22. The molecule has 4 nitrogen and oxygen atoms in total. The molecule has 2 heterocycles. The first kappa shape index (κ1) is 13.5. The van der Waals surface area contributed by atoms with E-state index in [2.05, 4.69) is 9.98 Å². The maximum absolute atomic E-state index is 13.1. The molecule has 1 aliphatic heterocycles. The molecule has 0 radical (unpaired) electrons. The lowest BCUT2D eigenvalue weighted by molar-refractivity contribution is -0.129. The van der Waals surface area contributed by atoms with Crippen molar-refractivity contribution in [3.05, 3.63) is 70.4 Å². The number of hydrogen-bond donors (Lipinski definition) is 0. The van der Waals surface area contributed by atoms with Crippen molar-refractivity contribution in [1.29, 1.82) is 0 Å². The standard InChI is InChI=1S/C15H8ClFN2O2/c16-10-4-5-18-12(8-10)14-19-13(15(20)21-14)7-9-2-1-3-11(17)6-9/h1-8H/b13-7-. The number of nitrogens with zero attached hydrogens (tertiary/aromatic N) is 2. The number of hydrogen-bond acceptors (Lipinski definition) is 4. The summed E-state index contributed by atoms with van der Waals surface area (Å²) in [4.78, 5) is 19.9. The largest absolute Gasteiger partial charge is 0.400 e. The third-order valence-corrected chi connectivity index (χ3v) is 2.95. The highest BCUT2D eigenvalue weighted by atomic mass is 35.5. The molecule has 0 spiro atoms. The Morgan fingerprint density at radius 2 is 2.10 bits per heavy atom. The van der Waals surface area contributed by atoms with Crippen LogP contribution in [0.1, 0.15) is 11.3 Å². The second-order valence-corrected chi connectivity index (χ2v) is 4.69. The van der Waals surface area contributed by atoms with Gasteiger partial charge in [-0.25, -0.2) is 14.2 Å². The molecule has 2 aromatic rings. The smallest absolute Gasteiger partial charge is 0.363 e. The van der Waals surface area contributed by atoms with Gasteiger partial charge in [0.05, 0.1) is 0 Å². The molecule has 1 aromatic carbocycles. The molecule has 0 unspecified atom stereocenters. The summed E-state index contributed by atoms with van der Waals surface area (Å²) in [5, 5.41) is 0.460. The van der Waals surface area contributed by atoms with Gasteiger partial charge in [-0.3, -0.25) is 4.98 Å². The summed E-state index contributed by atoms with van der Waals surface area (Å²) in [6.45, 7) is 0. The van der Waals surface area contributed by atoms with Crippen LogP contribution in [-0.4, -0.2) is 16.9 Å². The minimum atomic E-state index is -0.615. The van der Waals surface area contributed by atoms with Crippen molar-refractivity contribution in [2.75, 3.05) is 0 Å². The quantitative estimate of drug-likeness (QED) is 0.632. The number of benzene rings is 1. The molecule has 0 bridgehead atoms. The highest BCUT2D eigenvalue weighted by Gasteiger charge is 2.25. The van der Waals surface area contributed by atoms with Crippen LogP contribution in [0, 0.1) is 5.82 Å². The Morgan fingerprint density at radius 1 is 1.24 bits per heavy atom. The van der Waals surface area contributed by atoms with Gasteiger partial charge in [-0.05, 0) is 35.9 Å². The van der Waals surface area contributed by atoms with Gasteiger partial charge in [-0.15, -0.1) is 0 Å². The number of aromatic nitrogens is 1. The van der Waals surface area contributed by atoms with Gasteiger partial charge in [-0.2, -0.15) is 0 Å². The van der Waals surface area contributed by atoms with Crippen molar-refractivity contribution in [3.63, 3.8) is 0 Å². The molecular weight excluding hydrogens is 295 g/mol. The minimum Gasteiger partial charge on any atom is -0.400 e. The molecule has 0 atom stereocenters. The average molecular weight is 303 g/mol. The summed E-state index contributed by atoms with van der Waals surface area (Å²) in [5.41, 5.74) is 0.960. The first-order chi connectivity index (χ1) is 10.1. The highest BCUT2D eigenvalue weighted by Crippen LogP contribution is 2.19. The molecule has 0 aliphatic carbocycles. The number of carbonyl (C=O) groups is 1. The summed E-state index contributed by atoms with van der Waals surface area (Å²) in [5.74, 6) is -0.933. The van der Waals surface area contributed by atoms with Crippen LogP contribution in [0.5, 0.6) is 0 Å². The number of ether oxygens (including phenoxy) is 1. The Kier molecular flexibility index (Phi) is 3.50. The number of rotatable bonds is 2. The van der Waals surface area contributed by atoms with Crippen molar-refractivity contribution < 1.29 is 13.9 Å². The van der Waals surface area contributed by atoms with E-state index in [1.807, 2.05) is 0 Å². The van der Waals surface area contributed by atoms with Crippen LogP contribution in [0.2, 0.25) is 5.02 Å². The van der Waals surface area contributed by atoms with E-state index in [9.17, 15) is 9.18 Å². The maximum atomic E-state index is 13.1. The van der Waals surface area contributed by atoms with Crippen molar-refractivity contribution in [2.45, 2.75) is 0 Å². The zero-order valence-corrected chi connectivity index (χ0v) is 11.3. The number of pyridine rings is 1. The fraction of sp³-hybridized carbons (Fsp3) is 0. The Hall–Kier alpha value is -2.53. The van der Waals surface area contributed by atoms with Gasteiger partial charge in [0.15, 0.2) is 5.70 Å². The van der Waals surface area contributed by atoms with Gasteiger partial charge < -0.3 is 4.74 Å². The van der Waals surface area contributed by atoms with E-state index in [1.165, 1.54) is 24.4 Å². The van der Waals surface area contributed by atoms with Gasteiger partial charge in [-0.1, -0.05) is 23.7 Å². The normalized spacial score (nSPS) is 16.0. The number of halogens is 2. The van der Waals surface area contributed by atoms with Crippen LogP contribution in [0.25, 0.3) is 6.08 Å². The molecule has 0 fully saturated rings. The third-order valence-electron chi connectivity index (χ3n) is 2.71. The molecule has 104 valence electrons. The fourth-order valence-corrected chi connectivity index (χ4v) is 1.95. The van der Waals surface area contributed by atoms with E-state index in [0.717, 1.165) is 0 Å². The van der Waals surface area contributed by atoms with Crippen LogP contribution < -0.4 is 0 Å². The first-order valence-electron chi connectivity index (χ1n) is 6.02. The van der Waals surface area contributed by atoms with Gasteiger partial charge in [0.25, 0.3) is 0 Å². The second-order valence-electron chi connectivity index (χ2n) is 4.25. The summed E-state index contributed by atoms with van der Waals surface area (Å²) in [7, 11) is 0. The summed E-state index contributed by atoms with van der Waals surface area (Å²) >= 11 is 5.85. The zero-order valence-electron chi connectivity index (χ0n) is 10.6. The highest BCUT2D eigenvalue weighted by molar-refractivity contribution is 6.31. The Bertz CT molecular complexity index is 787. The molecule has 21 heavy (non-hydrogen) atoms. The van der Waals surface area contributed by atoms with Crippen molar-refractivity contribution >= 4 is 29.5 Å². The van der Waals surface area contributed by atoms with Gasteiger partial charge in [0, 0.05) is 11.2 Å². The predicted molar refractivity (Wildman–Crippen MR) is 76.3 cm³/mol. The molecule has 0 saturated carbocycles. The minimum absolute atomic E-state index is 0.0742. The molecule has 1 aromatic heterocycles. The number of carbonyl (C=O) groups excluding carboxylic acids is 1. The van der Waals surface area contributed by atoms with E-state index in [1.54, 1.807) is 24.3 Å². The lowest BCUT2D eigenvalue weighted by Gasteiger charge is -1.97. The SMILES string of the molecule is O=C1OC(c2cc(Cl)ccn2)=N/C1=C\c1cccc(F)c1. The Balaban J connectivity index is 1.95. The number of esters is 1. The summed E-state index contributed by atoms with van der Waals surface area (Å²) in [6, 6.07) is 8.97. The van der Waals surface area contributed by atoms with E-state index in [-0.39, 0.29) is 11.6 Å². The molecule has 6 heteroatoms. The first-order valence-corrected chi connectivity index (χ1v) is 6.40. The monoisotopic (exact) mass is 302 g/mol. The van der Waals surface area contributed by atoms with Crippen LogP contribution in [0.4, 0.5) is 4.39 Å². The average Bonchev–Trinajstić information content (AvgIpc) is 2.80. The topological polar surface area (TPSA) is 51.5 Å². The van der Waals surface area contributed by atoms with Gasteiger partial charge in [0.1, 0.15) is 11.5 Å². The summed E-state index contributed by atoms with van der Waals surface area (Å²) in [6.07, 6.45) is 2.94. The van der Waals surface area contributed by atoms with Crippen LogP contribution in [-0.2, 0) is 9.53 Å². The van der Waals surface area contributed by atoms with Crippen molar-refractivity contribution in [1.82, 2.24) is 4.98 Å². The van der Waals surface area contributed by atoms with Crippen LogP contribution >= 0.6 is 11.6 Å². The van der Waals surface area contributed by atoms with E-state index in [0.29, 0.717) is 16.3 Å². The molecule has 0 N–H and O–H groups in total. The molecule has 1 aliphatic rings. The van der Waals surface area contributed by atoms with E-state index < -0.39 is 11.8 Å². The Labute approximate surface area is 124 Å². The zero-order chi connectivity index (χ0) is 14.8. The van der Waals surface area contributed by atoms with Gasteiger partial charge in [0.2, 0.25) is 5.90 Å². The van der Waals surface area contributed by atoms with Crippen LogP contribution in [0.15, 0.2) is 53.3 Å².